The molecule has 5 aliphatic rings. The molecule has 0 spiro atoms. The van der Waals surface area contributed by atoms with Crippen LogP contribution in [-0.4, -0.2) is 53.3 Å². The maximum Gasteiger partial charge on any atom is 0.270 e. The molecule has 9 nitrogen and oxygen atoms in total. The molecule has 1 saturated heterocycles. The van der Waals surface area contributed by atoms with E-state index in [1.807, 2.05) is 24.3 Å². The van der Waals surface area contributed by atoms with Crippen molar-refractivity contribution in [2.75, 3.05) is 25.1 Å². The lowest BCUT2D eigenvalue weighted by Gasteiger charge is -2.39. The Morgan fingerprint density at radius 3 is 2.49 bits per heavy atom. The van der Waals surface area contributed by atoms with Gasteiger partial charge in [0.15, 0.2) is 0 Å². The van der Waals surface area contributed by atoms with E-state index in [-0.39, 0.29) is 29.1 Å². The summed E-state index contributed by atoms with van der Waals surface area (Å²) in [5, 5.41) is 13.7. The zero-order chi connectivity index (χ0) is 29.8. The molecule has 7 rings (SSSR count). The van der Waals surface area contributed by atoms with Crippen molar-refractivity contribution in [3.8, 4) is 0 Å². The first kappa shape index (κ1) is 28.6. The van der Waals surface area contributed by atoms with Crippen LogP contribution in [0, 0.1) is 35.0 Å². The van der Waals surface area contributed by atoms with Crippen molar-refractivity contribution >= 4 is 23.4 Å². The number of nitrogens with one attached hydrogen (secondary N) is 3. The fraction of sp³-hybridized carbons (Fsp3) is 0.647. The van der Waals surface area contributed by atoms with Crippen molar-refractivity contribution in [2.45, 2.75) is 76.2 Å². The number of carbonyl (C=O) groups excluding carboxylic acids is 3. The van der Waals surface area contributed by atoms with Crippen LogP contribution in [0.15, 0.2) is 36.5 Å². The smallest absolute Gasteiger partial charge is 0.270 e. The number of aryl methyl sites for hydroxylation is 1. The number of anilines is 1. The van der Waals surface area contributed by atoms with Gasteiger partial charge in [-0.1, -0.05) is 31.9 Å². The van der Waals surface area contributed by atoms with Crippen LogP contribution in [-0.2, 0) is 26.8 Å². The molecule has 1 aliphatic heterocycles. The number of fused-ring (bicyclic) bond motifs is 1. The Bertz CT molecular complexity index is 1380. The maximum absolute atomic E-state index is 14.2. The number of hydrogen-bond acceptors (Lipinski definition) is 5. The zero-order valence-corrected chi connectivity index (χ0v) is 25.4. The summed E-state index contributed by atoms with van der Waals surface area (Å²) in [6, 6.07) is 8.72. The van der Waals surface area contributed by atoms with Gasteiger partial charge in [-0.05, 0) is 104 Å². The number of rotatable bonds is 11. The van der Waals surface area contributed by atoms with Gasteiger partial charge in [0.05, 0.1) is 12.0 Å². The van der Waals surface area contributed by atoms with Crippen LogP contribution in [0.1, 0.15) is 80.8 Å². The lowest BCUT2D eigenvalue weighted by Crippen LogP contribution is -2.51. The molecule has 1 aromatic carbocycles. The highest BCUT2D eigenvalue weighted by molar-refractivity contribution is 6.01. The van der Waals surface area contributed by atoms with Crippen molar-refractivity contribution in [3.63, 3.8) is 0 Å². The van der Waals surface area contributed by atoms with Gasteiger partial charge in [-0.2, -0.15) is 5.10 Å². The number of amides is 3. The summed E-state index contributed by atoms with van der Waals surface area (Å²) in [4.78, 5) is 41.3. The minimum Gasteiger partial charge on any atom is -0.380 e. The number of ether oxygens (including phenoxy) is 1. The number of benzene rings is 1. The molecular formula is C34H45N5O4. The van der Waals surface area contributed by atoms with Crippen molar-refractivity contribution in [2.24, 2.45) is 42.1 Å². The van der Waals surface area contributed by atoms with Crippen LogP contribution in [0.3, 0.4) is 0 Å². The lowest BCUT2D eigenvalue weighted by molar-refractivity contribution is -0.127. The summed E-state index contributed by atoms with van der Waals surface area (Å²) in [7, 11) is 1.74. The van der Waals surface area contributed by atoms with Crippen LogP contribution in [0.4, 0.5) is 5.69 Å². The van der Waals surface area contributed by atoms with Crippen molar-refractivity contribution in [1.29, 1.82) is 0 Å². The first-order valence-corrected chi connectivity index (χ1v) is 16.3. The summed E-state index contributed by atoms with van der Waals surface area (Å²) in [6.07, 6.45) is 11.7. The third-order valence-electron chi connectivity index (χ3n) is 11.5. The van der Waals surface area contributed by atoms with Gasteiger partial charge >= 0.3 is 0 Å². The molecule has 4 aliphatic carbocycles. The van der Waals surface area contributed by atoms with E-state index >= 15 is 0 Å². The highest BCUT2D eigenvalue weighted by Crippen LogP contribution is 2.65. The van der Waals surface area contributed by atoms with Crippen LogP contribution in [0.5, 0.6) is 0 Å². The fourth-order valence-electron chi connectivity index (χ4n) is 8.52. The second kappa shape index (κ2) is 11.1. The molecule has 2 aromatic rings. The van der Waals surface area contributed by atoms with Gasteiger partial charge in [0.2, 0.25) is 11.8 Å². The Kier molecular flexibility index (Phi) is 7.35. The lowest BCUT2D eigenvalue weighted by atomic mass is 9.70. The number of carbonyl (C=O) groups is 3. The zero-order valence-electron chi connectivity index (χ0n) is 25.4. The molecule has 1 aromatic heterocycles. The molecule has 5 atom stereocenters. The maximum atomic E-state index is 14.2. The van der Waals surface area contributed by atoms with E-state index in [4.69, 9.17) is 4.74 Å². The first-order chi connectivity index (χ1) is 20.8. The Morgan fingerprint density at radius 2 is 1.86 bits per heavy atom. The van der Waals surface area contributed by atoms with Crippen molar-refractivity contribution < 1.29 is 19.1 Å². The summed E-state index contributed by atoms with van der Waals surface area (Å²) in [5.41, 5.74) is 1.33. The van der Waals surface area contributed by atoms with Crippen LogP contribution < -0.4 is 16.0 Å². The molecule has 5 fully saturated rings. The van der Waals surface area contributed by atoms with Crippen molar-refractivity contribution in [3.05, 3.63) is 47.8 Å². The van der Waals surface area contributed by atoms with E-state index < -0.39 is 11.5 Å². The SMILES string of the molecule is Cn1nccc1C(=O)N[C@H](C(=O)Nc1cccc(C2(C(=O)NCC3(C)CCC3)CCOC2)c1)C(C1CC1)C1C2CCCC21. The average molecular weight is 588 g/mol. The van der Waals surface area contributed by atoms with E-state index in [9.17, 15) is 14.4 Å². The standard InChI is InChI=1S/C34H45N5O4/c1-33(13-5-14-33)19-35-32(42)34(15-17-43-20-34)22-6-3-7-23(18-22)37-31(41)29(38-30(40)26-12-16-36-39(26)2)27(21-10-11-21)28-24-8-4-9-25(24)28/h3,6-7,12,16,18,21,24-25,27-29H,4-5,8-11,13-15,17,19-20H2,1-2H3,(H,35,42)(H,37,41)(H,38,40)/t24?,25?,27?,28?,29-,34?/m0/s1. The predicted molar refractivity (Wildman–Crippen MR) is 162 cm³/mol. The molecule has 2 heterocycles. The normalized spacial score (nSPS) is 30.0. The molecule has 3 N–H and O–H groups in total. The van der Waals surface area contributed by atoms with Gasteiger partial charge in [0.1, 0.15) is 11.7 Å². The Hall–Kier alpha value is -3.20. The molecule has 4 unspecified atom stereocenters. The minimum atomic E-state index is -0.782. The summed E-state index contributed by atoms with van der Waals surface area (Å²) in [6.45, 7) is 3.76. The van der Waals surface area contributed by atoms with Gasteiger partial charge in [-0.25, -0.2) is 0 Å². The number of aromatic nitrogens is 2. The third-order valence-corrected chi connectivity index (χ3v) is 11.5. The van der Waals surface area contributed by atoms with Crippen LogP contribution in [0.2, 0.25) is 0 Å². The fourth-order valence-corrected chi connectivity index (χ4v) is 8.52. The Labute approximate surface area is 253 Å². The van der Waals surface area contributed by atoms with Gasteiger partial charge < -0.3 is 20.7 Å². The third kappa shape index (κ3) is 5.38. The molecule has 43 heavy (non-hydrogen) atoms. The van der Waals surface area contributed by atoms with Crippen molar-refractivity contribution in [1.82, 2.24) is 20.4 Å². The first-order valence-electron chi connectivity index (χ1n) is 16.3. The highest BCUT2D eigenvalue weighted by Gasteiger charge is 2.61. The quantitative estimate of drug-likeness (QED) is 0.365. The topological polar surface area (TPSA) is 114 Å². The molecule has 230 valence electrons. The van der Waals surface area contributed by atoms with Crippen LogP contribution in [0.25, 0.3) is 0 Å². The summed E-state index contributed by atoms with van der Waals surface area (Å²) in [5.74, 6) is 1.99. The van der Waals surface area contributed by atoms with Gasteiger partial charge in [-0.3, -0.25) is 19.1 Å². The molecule has 0 radical (unpaired) electrons. The predicted octanol–water partition coefficient (Wildman–Crippen LogP) is 4.19. The van der Waals surface area contributed by atoms with Gasteiger partial charge in [-0.15, -0.1) is 0 Å². The van der Waals surface area contributed by atoms with E-state index in [0.29, 0.717) is 61.2 Å². The largest absolute Gasteiger partial charge is 0.380 e. The average Bonchev–Trinajstić information content (AvgIpc) is 3.68. The molecular weight excluding hydrogens is 542 g/mol. The van der Waals surface area contributed by atoms with E-state index in [2.05, 4.69) is 28.0 Å². The second-order valence-electron chi connectivity index (χ2n) is 14.3. The van der Waals surface area contributed by atoms with Gasteiger partial charge in [0.25, 0.3) is 5.91 Å². The Morgan fingerprint density at radius 1 is 1.07 bits per heavy atom. The number of hydrogen-bond donors (Lipinski definition) is 3. The molecule has 4 saturated carbocycles. The van der Waals surface area contributed by atoms with Gasteiger partial charge in [0, 0.05) is 32.1 Å². The molecule has 9 heteroatoms. The van der Waals surface area contributed by atoms with E-state index in [1.165, 1.54) is 25.7 Å². The van der Waals surface area contributed by atoms with E-state index in [0.717, 1.165) is 31.2 Å². The second-order valence-corrected chi connectivity index (χ2v) is 14.3. The molecule has 3 amide bonds. The Balaban J connectivity index is 1.12. The summed E-state index contributed by atoms with van der Waals surface area (Å²) < 4.78 is 7.33. The number of nitrogens with zero attached hydrogens (tertiary/aromatic N) is 2. The molecule has 0 bridgehead atoms. The monoisotopic (exact) mass is 587 g/mol. The van der Waals surface area contributed by atoms with E-state index in [1.54, 1.807) is 24.0 Å². The summed E-state index contributed by atoms with van der Waals surface area (Å²) >= 11 is 0. The minimum absolute atomic E-state index is 0.00279. The van der Waals surface area contributed by atoms with Crippen LogP contribution >= 0.6 is 0 Å². The highest BCUT2D eigenvalue weighted by atomic mass is 16.5.